The van der Waals surface area contributed by atoms with E-state index in [1.807, 2.05) is 6.07 Å². The van der Waals surface area contributed by atoms with E-state index in [2.05, 4.69) is 4.74 Å². The normalized spacial score (nSPS) is 13.0. The van der Waals surface area contributed by atoms with Crippen LogP contribution in [0.2, 0.25) is 5.02 Å². The zero-order valence-corrected chi connectivity index (χ0v) is 13.9. The molecule has 2 aromatic rings. The van der Waals surface area contributed by atoms with Gasteiger partial charge in [-0.1, -0.05) is 23.7 Å². The molecule has 0 amide bonds. The molecular formula is C18H13ClF3NO2. The molecule has 7 heteroatoms. The molecule has 0 saturated heterocycles. The minimum atomic E-state index is -1.17. The van der Waals surface area contributed by atoms with Crippen LogP contribution in [0.1, 0.15) is 29.4 Å². The summed E-state index contributed by atoms with van der Waals surface area (Å²) in [6.07, 6.45) is -0.429. The lowest BCUT2D eigenvalue weighted by atomic mass is 9.79. The third kappa shape index (κ3) is 4.31. The van der Waals surface area contributed by atoms with E-state index in [1.165, 1.54) is 12.1 Å². The molecule has 2 unspecified atom stereocenters. The summed E-state index contributed by atoms with van der Waals surface area (Å²) in [5.41, 5.74) is -0.114. The fourth-order valence-corrected chi connectivity index (χ4v) is 2.82. The first kappa shape index (κ1) is 18.8. The van der Waals surface area contributed by atoms with E-state index < -0.39 is 47.2 Å². The molecule has 0 aromatic heterocycles. The Morgan fingerprint density at radius 2 is 1.76 bits per heavy atom. The van der Waals surface area contributed by atoms with Crippen molar-refractivity contribution in [3.05, 3.63) is 70.0 Å². The van der Waals surface area contributed by atoms with E-state index in [0.29, 0.717) is 5.56 Å². The van der Waals surface area contributed by atoms with Gasteiger partial charge in [-0.25, -0.2) is 13.2 Å². The highest BCUT2D eigenvalue weighted by Crippen LogP contribution is 2.39. The molecule has 0 radical (unpaired) electrons. The number of ether oxygens (including phenoxy) is 1. The monoisotopic (exact) mass is 367 g/mol. The Morgan fingerprint density at radius 1 is 1.20 bits per heavy atom. The molecule has 0 N–H and O–H groups in total. The van der Waals surface area contributed by atoms with Crippen LogP contribution in [0, 0.1) is 28.8 Å². The lowest BCUT2D eigenvalue weighted by molar-refractivity contribution is -0.141. The van der Waals surface area contributed by atoms with Crippen molar-refractivity contribution in [1.82, 2.24) is 0 Å². The zero-order chi connectivity index (χ0) is 18.6. The van der Waals surface area contributed by atoms with Crippen LogP contribution in [-0.4, -0.2) is 13.1 Å². The van der Waals surface area contributed by atoms with Crippen LogP contribution in [0.15, 0.2) is 36.4 Å². The summed E-state index contributed by atoms with van der Waals surface area (Å²) in [6, 6.07) is 8.67. The third-order valence-electron chi connectivity index (χ3n) is 3.80. The van der Waals surface area contributed by atoms with E-state index >= 15 is 0 Å². The Bertz CT molecular complexity index is 795. The quantitative estimate of drug-likeness (QED) is 0.719. The van der Waals surface area contributed by atoms with Crippen molar-refractivity contribution in [1.29, 1.82) is 5.26 Å². The number of halogens is 4. The molecule has 2 aromatic carbocycles. The zero-order valence-electron chi connectivity index (χ0n) is 13.1. The number of methoxy groups -OCH3 is 1. The third-order valence-corrected chi connectivity index (χ3v) is 4.02. The van der Waals surface area contributed by atoms with Crippen LogP contribution < -0.4 is 0 Å². The molecule has 3 nitrogen and oxygen atoms in total. The molecule has 0 aliphatic rings. The van der Waals surface area contributed by atoms with Crippen molar-refractivity contribution in [2.45, 2.75) is 18.3 Å². The number of esters is 1. The van der Waals surface area contributed by atoms with Gasteiger partial charge in [-0.3, -0.25) is 4.79 Å². The minimum absolute atomic E-state index is 0.147. The maximum Gasteiger partial charge on any atom is 0.306 e. The van der Waals surface area contributed by atoms with Gasteiger partial charge in [0.15, 0.2) is 0 Å². The van der Waals surface area contributed by atoms with E-state index in [1.54, 1.807) is 0 Å². The van der Waals surface area contributed by atoms with Crippen LogP contribution in [0.25, 0.3) is 0 Å². The Kier molecular flexibility index (Phi) is 6.05. The van der Waals surface area contributed by atoms with Crippen molar-refractivity contribution in [3.63, 3.8) is 0 Å². The number of carbonyl (C=O) groups excluding carboxylic acids is 1. The van der Waals surface area contributed by atoms with Crippen LogP contribution >= 0.6 is 11.6 Å². The van der Waals surface area contributed by atoms with Gasteiger partial charge in [-0.2, -0.15) is 5.26 Å². The van der Waals surface area contributed by atoms with Gasteiger partial charge >= 0.3 is 5.97 Å². The van der Waals surface area contributed by atoms with Gasteiger partial charge in [-0.05, 0) is 29.8 Å². The van der Waals surface area contributed by atoms with Gasteiger partial charge in [0.1, 0.15) is 17.5 Å². The molecule has 0 saturated carbocycles. The Morgan fingerprint density at radius 3 is 2.24 bits per heavy atom. The highest BCUT2D eigenvalue weighted by atomic mass is 35.5. The van der Waals surface area contributed by atoms with Crippen LogP contribution in [0.4, 0.5) is 13.2 Å². The smallest absolute Gasteiger partial charge is 0.306 e. The molecule has 0 spiro atoms. The van der Waals surface area contributed by atoms with Gasteiger partial charge in [0, 0.05) is 16.5 Å². The fourth-order valence-electron chi connectivity index (χ4n) is 2.62. The van der Waals surface area contributed by atoms with Crippen LogP contribution in [-0.2, 0) is 9.53 Å². The first-order valence-electron chi connectivity index (χ1n) is 7.23. The lowest BCUT2D eigenvalue weighted by Crippen LogP contribution is -2.18. The fraction of sp³-hybridized carbons (Fsp3) is 0.222. The average Bonchev–Trinajstić information content (AvgIpc) is 2.55. The molecule has 0 bridgehead atoms. The SMILES string of the molecule is COC(=O)CC(c1c(F)cc(Cl)cc1F)C(C#N)c1ccc(F)cc1. The number of rotatable bonds is 5. The van der Waals surface area contributed by atoms with Gasteiger partial charge in [0.05, 0.1) is 25.5 Å². The second kappa shape index (κ2) is 8.04. The maximum atomic E-state index is 14.3. The van der Waals surface area contributed by atoms with E-state index in [9.17, 15) is 23.2 Å². The van der Waals surface area contributed by atoms with Crippen molar-refractivity contribution in [3.8, 4) is 6.07 Å². The van der Waals surface area contributed by atoms with Crippen molar-refractivity contribution in [2.24, 2.45) is 0 Å². The lowest BCUT2D eigenvalue weighted by Gasteiger charge is -2.23. The minimum Gasteiger partial charge on any atom is -0.469 e. The van der Waals surface area contributed by atoms with E-state index in [0.717, 1.165) is 31.4 Å². The molecule has 130 valence electrons. The van der Waals surface area contributed by atoms with Crippen LogP contribution in [0.5, 0.6) is 0 Å². The van der Waals surface area contributed by atoms with Crippen molar-refractivity contribution < 1.29 is 22.7 Å². The topological polar surface area (TPSA) is 50.1 Å². The van der Waals surface area contributed by atoms with Gasteiger partial charge < -0.3 is 4.74 Å². The standard InChI is InChI=1S/C18H13ClF3NO2/c1-25-17(24)8-13(18-15(21)6-11(19)7-16(18)22)14(9-23)10-2-4-12(20)5-3-10/h2-7,13-14H,8H2,1H3. The van der Waals surface area contributed by atoms with Gasteiger partial charge in [0.2, 0.25) is 0 Å². The first-order valence-corrected chi connectivity index (χ1v) is 7.61. The van der Waals surface area contributed by atoms with E-state index in [-0.39, 0.29) is 5.02 Å². The summed E-state index contributed by atoms with van der Waals surface area (Å²) in [5.74, 6) is -5.46. The second-order valence-corrected chi connectivity index (χ2v) is 5.76. The predicted octanol–water partition coefficient (Wildman–Crippen LogP) is 4.71. The molecule has 0 aliphatic carbocycles. The predicted molar refractivity (Wildman–Crippen MR) is 85.5 cm³/mol. The molecular weight excluding hydrogens is 355 g/mol. The van der Waals surface area contributed by atoms with Crippen LogP contribution in [0.3, 0.4) is 0 Å². The van der Waals surface area contributed by atoms with E-state index in [4.69, 9.17) is 11.6 Å². The summed E-state index contributed by atoms with van der Waals surface area (Å²) in [5, 5.41) is 9.39. The molecule has 0 heterocycles. The maximum absolute atomic E-state index is 14.3. The Hall–Kier alpha value is -2.52. The summed E-state index contributed by atoms with van der Waals surface area (Å²) >= 11 is 5.63. The number of hydrogen-bond donors (Lipinski definition) is 0. The first-order chi connectivity index (χ1) is 11.9. The number of nitrogens with zero attached hydrogens (tertiary/aromatic N) is 1. The molecule has 2 rings (SSSR count). The number of hydrogen-bond acceptors (Lipinski definition) is 3. The molecule has 0 fully saturated rings. The second-order valence-electron chi connectivity index (χ2n) is 5.33. The number of nitriles is 1. The summed E-state index contributed by atoms with van der Waals surface area (Å²) in [4.78, 5) is 11.7. The summed E-state index contributed by atoms with van der Waals surface area (Å²) < 4.78 is 46.4. The Balaban J connectivity index is 2.57. The molecule has 0 aliphatic heterocycles. The molecule has 2 atom stereocenters. The Labute approximate surface area is 147 Å². The van der Waals surface area contributed by atoms with Crippen molar-refractivity contribution >= 4 is 17.6 Å². The summed E-state index contributed by atoms with van der Waals surface area (Å²) in [6.45, 7) is 0. The van der Waals surface area contributed by atoms with Gasteiger partial charge in [-0.15, -0.1) is 0 Å². The van der Waals surface area contributed by atoms with Gasteiger partial charge in [0.25, 0.3) is 0 Å². The number of carbonyl (C=O) groups is 1. The number of benzene rings is 2. The van der Waals surface area contributed by atoms with Crippen molar-refractivity contribution in [2.75, 3.05) is 7.11 Å². The summed E-state index contributed by atoms with van der Waals surface area (Å²) in [7, 11) is 1.13. The largest absolute Gasteiger partial charge is 0.469 e. The highest BCUT2D eigenvalue weighted by Gasteiger charge is 2.32. The molecule has 25 heavy (non-hydrogen) atoms. The average molecular weight is 368 g/mol. The highest BCUT2D eigenvalue weighted by molar-refractivity contribution is 6.30.